The average Bonchev–Trinajstić information content (AvgIpc) is 2.87. The number of halogens is 1. The van der Waals surface area contributed by atoms with E-state index >= 15 is 0 Å². The first-order valence-electron chi connectivity index (χ1n) is 5.13. The monoisotopic (exact) mass is 299 g/mol. The van der Waals surface area contributed by atoms with Gasteiger partial charge < -0.3 is 16.4 Å². The highest BCUT2D eigenvalue weighted by molar-refractivity contribution is 9.10. The summed E-state index contributed by atoms with van der Waals surface area (Å²) in [7, 11) is 0. The maximum Gasteiger partial charge on any atom is 0.255 e. The van der Waals surface area contributed by atoms with Gasteiger partial charge in [-0.05, 0) is 15.9 Å². The lowest BCUT2D eigenvalue weighted by Crippen LogP contribution is -2.41. The van der Waals surface area contributed by atoms with E-state index in [0.29, 0.717) is 23.4 Å². The fourth-order valence-electron chi connectivity index (χ4n) is 2.41. The Kier molecular flexibility index (Phi) is 2.08. The van der Waals surface area contributed by atoms with Crippen molar-refractivity contribution in [3.8, 4) is 0 Å². The first-order chi connectivity index (χ1) is 8.03. The Balaban J connectivity index is 2.03. The van der Waals surface area contributed by atoms with E-state index in [2.05, 4.69) is 31.7 Å². The molecule has 1 spiro atoms. The van der Waals surface area contributed by atoms with Crippen LogP contribution < -0.4 is 16.4 Å². The van der Waals surface area contributed by atoms with Crippen LogP contribution in [0.3, 0.4) is 0 Å². The van der Waals surface area contributed by atoms with Crippen molar-refractivity contribution in [2.24, 2.45) is 5.73 Å². The minimum atomic E-state index is -0.832. The summed E-state index contributed by atoms with van der Waals surface area (Å²) in [6.07, 6.45) is 0.329. The molecule has 7 nitrogen and oxygen atoms in total. The van der Waals surface area contributed by atoms with E-state index in [9.17, 15) is 9.59 Å². The lowest BCUT2D eigenvalue weighted by atomic mass is 9.96. The number of amides is 2. The molecule has 2 aliphatic rings. The largest absolute Gasteiger partial charge is 0.368 e. The minimum absolute atomic E-state index is 0.149. The number of aromatic nitrogens is 2. The predicted octanol–water partition coefficient (Wildman–Crippen LogP) is -0.860. The van der Waals surface area contributed by atoms with Gasteiger partial charge in [-0.15, -0.1) is 0 Å². The maximum absolute atomic E-state index is 12.0. The van der Waals surface area contributed by atoms with E-state index in [4.69, 9.17) is 5.73 Å². The predicted molar refractivity (Wildman–Crippen MR) is 62.1 cm³/mol. The highest BCUT2D eigenvalue weighted by Gasteiger charge is 2.53. The number of carbonyl (C=O) groups is 2. The van der Waals surface area contributed by atoms with Crippen LogP contribution in [0.25, 0.3) is 0 Å². The molecule has 2 atom stereocenters. The molecule has 0 aromatic carbocycles. The summed E-state index contributed by atoms with van der Waals surface area (Å²) in [5.41, 5.74) is 4.41. The van der Waals surface area contributed by atoms with E-state index in [0.717, 1.165) is 0 Å². The SMILES string of the molecule is NC(=O)[C@@H]1C[C@@]2(CN1)C(=O)Nc1cc(Br)nn12. The Morgan fingerprint density at radius 2 is 2.47 bits per heavy atom. The molecule has 3 heterocycles. The molecule has 8 heteroatoms. The van der Waals surface area contributed by atoms with Crippen LogP contribution in [0, 0.1) is 0 Å². The van der Waals surface area contributed by atoms with Gasteiger partial charge >= 0.3 is 0 Å². The second-order valence-corrected chi connectivity index (χ2v) is 5.10. The number of primary amides is 1. The van der Waals surface area contributed by atoms with Gasteiger partial charge in [-0.1, -0.05) is 0 Å². The molecule has 2 aliphatic heterocycles. The smallest absolute Gasteiger partial charge is 0.255 e. The Bertz CT molecular complexity index is 527. The van der Waals surface area contributed by atoms with Crippen molar-refractivity contribution in [1.29, 1.82) is 0 Å². The van der Waals surface area contributed by atoms with Crippen LogP contribution in [0.15, 0.2) is 10.7 Å². The van der Waals surface area contributed by atoms with E-state index in [-0.39, 0.29) is 5.91 Å². The third-order valence-electron chi connectivity index (χ3n) is 3.28. The van der Waals surface area contributed by atoms with Crippen LogP contribution in [-0.4, -0.2) is 34.2 Å². The number of nitrogens with one attached hydrogen (secondary N) is 2. The van der Waals surface area contributed by atoms with Gasteiger partial charge in [-0.25, -0.2) is 4.68 Å². The Labute approximate surface area is 105 Å². The van der Waals surface area contributed by atoms with Crippen LogP contribution >= 0.6 is 15.9 Å². The summed E-state index contributed by atoms with van der Waals surface area (Å²) in [4.78, 5) is 23.2. The molecule has 0 unspecified atom stereocenters. The first kappa shape index (κ1) is 10.7. The molecule has 4 N–H and O–H groups in total. The molecule has 3 rings (SSSR count). The maximum atomic E-state index is 12.0. The van der Waals surface area contributed by atoms with Gasteiger partial charge in [0.05, 0.1) is 6.04 Å². The topological polar surface area (TPSA) is 102 Å². The van der Waals surface area contributed by atoms with Gasteiger partial charge in [0.1, 0.15) is 10.4 Å². The highest BCUT2D eigenvalue weighted by atomic mass is 79.9. The van der Waals surface area contributed by atoms with Crippen LogP contribution in [0.2, 0.25) is 0 Å². The number of nitrogens with zero attached hydrogens (tertiary/aromatic N) is 2. The van der Waals surface area contributed by atoms with E-state index < -0.39 is 17.5 Å². The standard InChI is InChI=1S/C9H10BrN5O2/c10-5-1-6-13-8(17)9(15(6)14-5)2-4(7(11)16)12-3-9/h1,4,12H,2-3H2,(H2,11,16)(H,13,17)/t4-,9+/m0/s1. The lowest BCUT2D eigenvalue weighted by molar-refractivity contribution is -0.123. The quantitative estimate of drug-likeness (QED) is 0.628. The van der Waals surface area contributed by atoms with Crippen molar-refractivity contribution in [1.82, 2.24) is 15.1 Å². The number of fused-ring (bicyclic) bond motifs is 2. The highest BCUT2D eigenvalue weighted by Crippen LogP contribution is 2.37. The molecule has 2 amide bonds. The molecule has 1 aromatic heterocycles. The Hall–Kier alpha value is -1.41. The summed E-state index contributed by atoms with van der Waals surface area (Å²) >= 11 is 3.26. The third kappa shape index (κ3) is 1.34. The molecule has 0 bridgehead atoms. The molecule has 90 valence electrons. The number of anilines is 1. The van der Waals surface area contributed by atoms with E-state index in [1.165, 1.54) is 0 Å². The van der Waals surface area contributed by atoms with Crippen molar-refractivity contribution in [2.75, 3.05) is 11.9 Å². The van der Waals surface area contributed by atoms with Crippen LogP contribution in [0.5, 0.6) is 0 Å². The van der Waals surface area contributed by atoms with Gasteiger partial charge in [0.15, 0.2) is 5.54 Å². The second kappa shape index (κ2) is 3.30. The van der Waals surface area contributed by atoms with Crippen molar-refractivity contribution >= 4 is 33.6 Å². The number of hydrogen-bond acceptors (Lipinski definition) is 4. The van der Waals surface area contributed by atoms with Gasteiger partial charge in [0, 0.05) is 19.0 Å². The van der Waals surface area contributed by atoms with Crippen LogP contribution in [0.1, 0.15) is 6.42 Å². The lowest BCUT2D eigenvalue weighted by Gasteiger charge is -2.20. The van der Waals surface area contributed by atoms with Gasteiger partial charge in [-0.2, -0.15) is 5.10 Å². The average molecular weight is 300 g/mol. The Morgan fingerprint density at radius 3 is 3.12 bits per heavy atom. The molecule has 1 saturated heterocycles. The summed E-state index contributed by atoms with van der Waals surface area (Å²) in [5.74, 6) is 0.0342. The van der Waals surface area contributed by atoms with Crippen molar-refractivity contribution in [3.63, 3.8) is 0 Å². The van der Waals surface area contributed by atoms with Gasteiger partial charge in [0.25, 0.3) is 5.91 Å². The third-order valence-corrected chi connectivity index (χ3v) is 3.66. The number of hydrogen-bond donors (Lipinski definition) is 3. The Morgan fingerprint density at radius 1 is 1.71 bits per heavy atom. The molecule has 0 aliphatic carbocycles. The first-order valence-corrected chi connectivity index (χ1v) is 5.92. The zero-order valence-electron chi connectivity index (χ0n) is 8.74. The molecule has 0 radical (unpaired) electrons. The van der Waals surface area contributed by atoms with Crippen molar-refractivity contribution < 1.29 is 9.59 Å². The molecule has 1 fully saturated rings. The molecule has 0 saturated carbocycles. The summed E-state index contributed by atoms with van der Waals surface area (Å²) in [6, 6.07) is 1.24. The van der Waals surface area contributed by atoms with E-state index in [1.54, 1.807) is 10.7 Å². The summed E-state index contributed by atoms with van der Waals surface area (Å²) < 4.78 is 2.27. The zero-order chi connectivity index (χ0) is 12.2. The van der Waals surface area contributed by atoms with E-state index in [1.807, 2.05) is 0 Å². The molecule has 1 aromatic rings. The van der Waals surface area contributed by atoms with Crippen LogP contribution in [0.4, 0.5) is 5.82 Å². The molecular formula is C9H10BrN5O2. The summed E-state index contributed by atoms with van der Waals surface area (Å²) in [5, 5.41) is 9.94. The fraction of sp³-hybridized carbons (Fsp3) is 0.444. The van der Waals surface area contributed by atoms with Crippen molar-refractivity contribution in [2.45, 2.75) is 18.0 Å². The molecular weight excluding hydrogens is 290 g/mol. The van der Waals surface area contributed by atoms with Crippen molar-refractivity contribution in [3.05, 3.63) is 10.7 Å². The minimum Gasteiger partial charge on any atom is -0.368 e. The van der Waals surface area contributed by atoms with Gasteiger partial charge in [-0.3, -0.25) is 9.59 Å². The normalized spacial score (nSPS) is 30.6. The van der Waals surface area contributed by atoms with Crippen LogP contribution in [-0.2, 0) is 15.1 Å². The fourth-order valence-corrected chi connectivity index (χ4v) is 2.78. The second-order valence-electron chi connectivity index (χ2n) is 4.29. The number of carbonyl (C=O) groups excluding carboxylic acids is 2. The summed E-state index contributed by atoms with van der Waals surface area (Å²) in [6.45, 7) is 0.355. The van der Waals surface area contributed by atoms with Gasteiger partial charge in [0.2, 0.25) is 5.91 Å². The zero-order valence-corrected chi connectivity index (χ0v) is 10.3. The number of rotatable bonds is 1. The number of nitrogens with two attached hydrogens (primary N) is 1. The molecule has 17 heavy (non-hydrogen) atoms.